The van der Waals surface area contributed by atoms with Crippen molar-refractivity contribution in [3.05, 3.63) is 47.3 Å². The zero-order valence-electron chi connectivity index (χ0n) is 8.09. The summed E-state index contributed by atoms with van der Waals surface area (Å²) in [5.41, 5.74) is 4.49. The monoisotopic (exact) mass is 195 g/mol. The molecule has 0 aromatic heterocycles. The first kappa shape index (κ1) is 8.29. The van der Waals surface area contributed by atoms with Gasteiger partial charge in [0.05, 0.1) is 11.4 Å². The zero-order valence-corrected chi connectivity index (χ0v) is 8.09. The van der Waals surface area contributed by atoms with E-state index in [1.807, 2.05) is 18.4 Å². The van der Waals surface area contributed by atoms with E-state index in [9.17, 15) is 0 Å². The fraction of sp³-hybridized carbons (Fsp3) is 0.0833. The van der Waals surface area contributed by atoms with E-state index in [0.717, 1.165) is 17.8 Å². The molecule has 0 bridgehead atoms. The first-order valence-corrected chi connectivity index (χ1v) is 4.84. The highest BCUT2D eigenvalue weighted by Crippen LogP contribution is 2.27. The van der Waals surface area contributed by atoms with Crippen LogP contribution in [0.25, 0.3) is 0 Å². The van der Waals surface area contributed by atoms with E-state index in [4.69, 9.17) is 0 Å². The third-order valence-electron chi connectivity index (χ3n) is 2.54. The molecule has 0 saturated carbocycles. The zero-order chi connectivity index (χ0) is 10.1. The number of hydrogen-bond donors (Lipinski definition) is 0. The molecule has 0 radical (unpaired) electrons. The van der Waals surface area contributed by atoms with Crippen molar-refractivity contribution in [3.63, 3.8) is 0 Å². The Morgan fingerprint density at radius 1 is 1.20 bits per heavy atom. The number of hydrogen-bond acceptors (Lipinski definition) is 3. The second kappa shape index (κ2) is 3.28. The van der Waals surface area contributed by atoms with Gasteiger partial charge >= 0.3 is 0 Å². The van der Waals surface area contributed by atoms with Gasteiger partial charge in [-0.3, -0.25) is 4.99 Å². The van der Waals surface area contributed by atoms with E-state index in [1.54, 1.807) is 12.6 Å². The fourth-order valence-electron chi connectivity index (χ4n) is 1.77. The second-order valence-corrected chi connectivity index (χ2v) is 3.48. The van der Waals surface area contributed by atoms with Crippen LogP contribution in [0.3, 0.4) is 0 Å². The summed E-state index contributed by atoms with van der Waals surface area (Å²) in [4.78, 5) is 12.5. The topological polar surface area (TPSA) is 37.1 Å². The lowest BCUT2D eigenvalue weighted by molar-refractivity contribution is 1.24. The molecule has 3 nitrogen and oxygen atoms in total. The van der Waals surface area contributed by atoms with Gasteiger partial charge < -0.3 is 0 Å². The van der Waals surface area contributed by atoms with Gasteiger partial charge in [0.15, 0.2) is 0 Å². The summed E-state index contributed by atoms with van der Waals surface area (Å²) in [6.07, 6.45) is 14.2. The van der Waals surface area contributed by atoms with Crippen LogP contribution in [0, 0.1) is 0 Å². The van der Waals surface area contributed by atoms with Gasteiger partial charge in [0.25, 0.3) is 0 Å². The summed E-state index contributed by atoms with van der Waals surface area (Å²) in [6.45, 7) is 0. The molecule has 2 aliphatic heterocycles. The SMILES string of the molecule is C1=CC2=C(C=CN=C1)CC1=NC=NC1=C2. The summed E-state index contributed by atoms with van der Waals surface area (Å²) in [5.74, 6) is 0. The molecule has 3 rings (SSSR count). The van der Waals surface area contributed by atoms with Crippen molar-refractivity contribution in [2.75, 3.05) is 0 Å². The molecular formula is C12H9N3. The van der Waals surface area contributed by atoms with Crippen molar-refractivity contribution < 1.29 is 0 Å². The minimum absolute atomic E-state index is 0.845. The van der Waals surface area contributed by atoms with Crippen LogP contribution < -0.4 is 0 Å². The lowest BCUT2D eigenvalue weighted by atomic mass is 9.93. The summed E-state index contributed by atoms with van der Waals surface area (Å²) < 4.78 is 0. The number of nitrogens with zero attached hydrogens (tertiary/aromatic N) is 3. The van der Waals surface area contributed by atoms with Gasteiger partial charge in [-0.25, -0.2) is 9.98 Å². The highest BCUT2D eigenvalue weighted by Gasteiger charge is 2.18. The maximum absolute atomic E-state index is 4.23. The van der Waals surface area contributed by atoms with E-state index in [1.165, 1.54) is 11.1 Å². The van der Waals surface area contributed by atoms with E-state index >= 15 is 0 Å². The lowest BCUT2D eigenvalue weighted by Gasteiger charge is -2.13. The van der Waals surface area contributed by atoms with Crippen molar-refractivity contribution in [3.8, 4) is 0 Å². The van der Waals surface area contributed by atoms with E-state index in [2.05, 4.69) is 27.1 Å². The van der Waals surface area contributed by atoms with Gasteiger partial charge in [-0.1, -0.05) is 6.08 Å². The minimum atomic E-state index is 0.845. The molecule has 0 N–H and O–H groups in total. The Hall–Kier alpha value is -2.03. The van der Waals surface area contributed by atoms with Crippen molar-refractivity contribution in [2.45, 2.75) is 6.42 Å². The lowest BCUT2D eigenvalue weighted by Crippen LogP contribution is -2.06. The summed E-state index contributed by atoms with van der Waals surface area (Å²) in [5, 5.41) is 0. The van der Waals surface area contributed by atoms with Crippen molar-refractivity contribution in [2.24, 2.45) is 15.0 Å². The summed E-state index contributed by atoms with van der Waals surface area (Å²) in [7, 11) is 0. The molecule has 2 heterocycles. The predicted molar refractivity (Wildman–Crippen MR) is 62.4 cm³/mol. The van der Waals surface area contributed by atoms with Crippen LogP contribution in [-0.4, -0.2) is 18.3 Å². The Bertz CT molecular complexity index is 511. The van der Waals surface area contributed by atoms with Crippen LogP contribution in [0.4, 0.5) is 0 Å². The van der Waals surface area contributed by atoms with Gasteiger partial charge in [-0.15, -0.1) is 0 Å². The molecule has 0 aromatic rings. The maximum atomic E-state index is 4.23. The molecule has 0 unspecified atom stereocenters. The van der Waals surface area contributed by atoms with Crippen LogP contribution >= 0.6 is 0 Å². The number of fused-ring (bicyclic) bond motifs is 1. The molecule has 0 spiro atoms. The average molecular weight is 195 g/mol. The number of allylic oxidation sites excluding steroid dienone is 7. The molecule has 0 atom stereocenters. The van der Waals surface area contributed by atoms with E-state index < -0.39 is 0 Å². The Balaban J connectivity index is 2.08. The van der Waals surface area contributed by atoms with Gasteiger partial charge in [0, 0.05) is 18.8 Å². The van der Waals surface area contributed by atoms with Crippen molar-refractivity contribution >= 4 is 18.3 Å². The number of rotatable bonds is 0. The molecule has 0 aromatic carbocycles. The van der Waals surface area contributed by atoms with Crippen LogP contribution in [0.15, 0.2) is 62.3 Å². The third-order valence-corrected chi connectivity index (χ3v) is 2.54. The van der Waals surface area contributed by atoms with Crippen LogP contribution in [0.5, 0.6) is 0 Å². The Labute approximate surface area is 87.7 Å². The normalized spacial score (nSPS) is 21.9. The molecule has 0 fully saturated rings. The molecule has 3 heteroatoms. The van der Waals surface area contributed by atoms with Crippen molar-refractivity contribution in [1.82, 2.24) is 0 Å². The highest BCUT2D eigenvalue weighted by molar-refractivity contribution is 6.10. The number of aliphatic imine (C=N–C) groups is 3. The largest absolute Gasteiger partial charge is 0.265 e. The molecule has 15 heavy (non-hydrogen) atoms. The Morgan fingerprint density at radius 3 is 3.20 bits per heavy atom. The van der Waals surface area contributed by atoms with Gasteiger partial charge in [0.2, 0.25) is 0 Å². The van der Waals surface area contributed by atoms with Gasteiger partial charge in [0.1, 0.15) is 6.34 Å². The fourth-order valence-corrected chi connectivity index (χ4v) is 1.77. The van der Waals surface area contributed by atoms with E-state index in [0.29, 0.717) is 0 Å². The quantitative estimate of drug-likeness (QED) is 0.568. The third kappa shape index (κ3) is 1.42. The van der Waals surface area contributed by atoms with Crippen molar-refractivity contribution in [1.29, 1.82) is 0 Å². The highest BCUT2D eigenvalue weighted by atomic mass is 15.0. The summed E-state index contributed by atoms with van der Waals surface area (Å²) >= 11 is 0. The minimum Gasteiger partial charge on any atom is -0.265 e. The first-order chi connectivity index (χ1) is 7.43. The van der Waals surface area contributed by atoms with Crippen LogP contribution in [0.1, 0.15) is 6.42 Å². The second-order valence-electron chi connectivity index (χ2n) is 3.48. The molecule has 0 amide bonds. The Morgan fingerprint density at radius 2 is 2.20 bits per heavy atom. The van der Waals surface area contributed by atoms with Gasteiger partial charge in [-0.05, 0) is 29.4 Å². The molecule has 72 valence electrons. The van der Waals surface area contributed by atoms with Crippen LogP contribution in [-0.2, 0) is 0 Å². The van der Waals surface area contributed by atoms with Crippen LogP contribution in [0.2, 0.25) is 0 Å². The molecule has 3 aliphatic rings. The van der Waals surface area contributed by atoms with Gasteiger partial charge in [-0.2, -0.15) is 0 Å². The molecule has 1 aliphatic carbocycles. The smallest absolute Gasteiger partial charge is 0.116 e. The standard InChI is InChI=1S/C12H9N3/c1-2-9-6-11-12(15-8-14-11)7-10(9)3-5-13-4-1/h1-6,8H,7H2. The molecule has 0 saturated heterocycles. The first-order valence-electron chi connectivity index (χ1n) is 4.84. The molecular weight excluding hydrogens is 186 g/mol. The Kier molecular flexibility index (Phi) is 1.81. The predicted octanol–water partition coefficient (Wildman–Crippen LogP) is 2.21. The van der Waals surface area contributed by atoms with E-state index in [-0.39, 0.29) is 0 Å². The summed E-state index contributed by atoms with van der Waals surface area (Å²) in [6, 6.07) is 0. The average Bonchev–Trinajstić information content (AvgIpc) is 2.64. The maximum Gasteiger partial charge on any atom is 0.116 e.